The van der Waals surface area contributed by atoms with Gasteiger partial charge in [-0.15, -0.1) is 11.3 Å². The number of carbonyl (C=O) groups is 1. The molecule has 0 aliphatic carbocycles. The maximum atomic E-state index is 12.7. The summed E-state index contributed by atoms with van der Waals surface area (Å²) in [6.45, 7) is 9.74. The predicted molar refractivity (Wildman–Crippen MR) is 125 cm³/mol. The van der Waals surface area contributed by atoms with Crippen LogP contribution >= 0.6 is 11.3 Å². The third-order valence-corrected chi connectivity index (χ3v) is 6.97. The molecule has 1 atom stereocenters. The summed E-state index contributed by atoms with van der Waals surface area (Å²) in [4.78, 5) is 16.5. The lowest BCUT2D eigenvalue weighted by Crippen LogP contribution is -2.39. The molecular weight excluding hydrogens is 408 g/mol. The van der Waals surface area contributed by atoms with E-state index >= 15 is 0 Å². The molecule has 4 rings (SSSR count). The molecule has 2 aromatic heterocycles. The first-order valence-electron chi connectivity index (χ1n) is 11.0. The van der Waals surface area contributed by atoms with E-state index in [2.05, 4.69) is 61.3 Å². The average Bonchev–Trinajstić information content (AvgIpc) is 3.46. The van der Waals surface area contributed by atoms with Crippen LogP contribution in [0.15, 0.2) is 53.1 Å². The van der Waals surface area contributed by atoms with Crippen molar-refractivity contribution >= 4 is 22.2 Å². The third-order valence-electron chi connectivity index (χ3n) is 5.76. The molecule has 1 aliphatic heterocycles. The van der Waals surface area contributed by atoms with Crippen LogP contribution in [0.2, 0.25) is 0 Å². The number of rotatable bonds is 7. The number of aryl methyl sites for hydroxylation is 1. The zero-order valence-electron chi connectivity index (χ0n) is 18.4. The van der Waals surface area contributed by atoms with Crippen molar-refractivity contribution in [2.24, 2.45) is 0 Å². The number of benzene rings is 1. The van der Waals surface area contributed by atoms with E-state index < -0.39 is 0 Å². The Balaban J connectivity index is 1.73. The molecule has 164 valence electrons. The van der Waals surface area contributed by atoms with Crippen molar-refractivity contribution in [1.82, 2.24) is 4.90 Å². The molecule has 1 fully saturated rings. The van der Waals surface area contributed by atoms with Crippen LogP contribution in [0.4, 0.5) is 5.00 Å². The molecule has 3 aromatic rings. The second-order valence-corrected chi connectivity index (χ2v) is 9.29. The summed E-state index contributed by atoms with van der Waals surface area (Å²) < 4.78 is 10.9. The highest BCUT2D eigenvalue weighted by Gasteiger charge is 2.29. The number of morpholine rings is 1. The Morgan fingerprint density at radius 2 is 1.84 bits per heavy atom. The number of carbonyl (C=O) groups excluding carboxylic acids is 1. The Bertz CT molecular complexity index is 986. The highest BCUT2D eigenvalue weighted by atomic mass is 32.1. The van der Waals surface area contributed by atoms with Gasteiger partial charge in [0.1, 0.15) is 5.00 Å². The van der Waals surface area contributed by atoms with Crippen LogP contribution in [0.5, 0.6) is 0 Å². The lowest BCUT2D eigenvalue weighted by atomic mass is 9.94. The van der Waals surface area contributed by atoms with Crippen molar-refractivity contribution in [1.29, 1.82) is 0 Å². The fourth-order valence-electron chi connectivity index (χ4n) is 3.99. The van der Waals surface area contributed by atoms with Gasteiger partial charge in [-0.05, 0) is 41.7 Å². The molecular formula is C25H30N2O3S. The SMILES string of the molecule is CCc1cc([C@H](c2ccc(C(C)C)cc2)N2CCOCC2)c(NC(=O)c2ccco2)s1. The highest BCUT2D eigenvalue weighted by Crippen LogP contribution is 2.40. The summed E-state index contributed by atoms with van der Waals surface area (Å²) in [6.07, 6.45) is 2.45. The van der Waals surface area contributed by atoms with Crippen molar-refractivity contribution < 1.29 is 13.9 Å². The lowest BCUT2D eigenvalue weighted by molar-refractivity contribution is 0.0241. The number of nitrogens with one attached hydrogen (secondary N) is 1. The van der Waals surface area contributed by atoms with Crippen molar-refractivity contribution in [3.8, 4) is 0 Å². The first kappa shape index (κ1) is 21.8. The van der Waals surface area contributed by atoms with Gasteiger partial charge < -0.3 is 14.5 Å². The first-order valence-corrected chi connectivity index (χ1v) is 11.8. The number of hydrogen-bond donors (Lipinski definition) is 1. The number of nitrogens with zero attached hydrogens (tertiary/aromatic N) is 1. The molecule has 31 heavy (non-hydrogen) atoms. The highest BCUT2D eigenvalue weighted by molar-refractivity contribution is 7.16. The van der Waals surface area contributed by atoms with E-state index in [0.29, 0.717) is 11.7 Å². The van der Waals surface area contributed by atoms with E-state index in [1.807, 2.05) is 0 Å². The Kier molecular flexibility index (Phi) is 6.90. The fraction of sp³-hybridized carbons (Fsp3) is 0.400. The van der Waals surface area contributed by atoms with Gasteiger partial charge in [0.15, 0.2) is 5.76 Å². The van der Waals surface area contributed by atoms with E-state index in [1.54, 1.807) is 23.5 Å². The quantitative estimate of drug-likeness (QED) is 0.514. The van der Waals surface area contributed by atoms with Gasteiger partial charge in [0.25, 0.3) is 5.91 Å². The summed E-state index contributed by atoms with van der Waals surface area (Å²) in [5.74, 6) is 0.597. The minimum Gasteiger partial charge on any atom is -0.459 e. The van der Waals surface area contributed by atoms with Crippen LogP contribution in [-0.2, 0) is 11.2 Å². The van der Waals surface area contributed by atoms with Crippen LogP contribution in [0.3, 0.4) is 0 Å². The average molecular weight is 439 g/mol. The van der Waals surface area contributed by atoms with Gasteiger partial charge in [0.2, 0.25) is 0 Å². The normalized spacial score (nSPS) is 15.9. The number of furan rings is 1. The Morgan fingerprint density at radius 3 is 2.45 bits per heavy atom. The van der Waals surface area contributed by atoms with Gasteiger partial charge in [-0.1, -0.05) is 45.0 Å². The van der Waals surface area contributed by atoms with Gasteiger partial charge >= 0.3 is 0 Å². The molecule has 0 bridgehead atoms. The Labute approximate surface area is 188 Å². The molecule has 1 amide bonds. The van der Waals surface area contributed by atoms with Gasteiger partial charge in [-0.25, -0.2) is 0 Å². The molecule has 6 heteroatoms. The maximum absolute atomic E-state index is 12.7. The second-order valence-electron chi connectivity index (χ2n) is 8.15. The summed E-state index contributed by atoms with van der Waals surface area (Å²) in [5, 5.41) is 4.01. The smallest absolute Gasteiger partial charge is 0.291 e. The van der Waals surface area contributed by atoms with Gasteiger partial charge in [-0.3, -0.25) is 9.69 Å². The molecule has 3 heterocycles. The molecule has 1 N–H and O–H groups in total. The van der Waals surface area contributed by atoms with E-state index in [9.17, 15) is 4.79 Å². The van der Waals surface area contributed by atoms with Gasteiger partial charge in [0, 0.05) is 23.5 Å². The number of amides is 1. The van der Waals surface area contributed by atoms with Crippen LogP contribution in [0.1, 0.15) is 64.9 Å². The zero-order valence-corrected chi connectivity index (χ0v) is 19.2. The third kappa shape index (κ3) is 4.92. The Morgan fingerprint density at radius 1 is 1.13 bits per heavy atom. The molecule has 0 unspecified atom stereocenters. The molecule has 1 aliphatic rings. The van der Waals surface area contributed by atoms with Crippen molar-refractivity contribution in [2.45, 2.75) is 39.2 Å². The van der Waals surface area contributed by atoms with E-state index in [4.69, 9.17) is 9.15 Å². The zero-order chi connectivity index (χ0) is 21.8. The van der Waals surface area contributed by atoms with Crippen LogP contribution in [0, 0.1) is 0 Å². The molecule has 0 saturated carbocycles. The topological polar surface area (TPSA) is 54.7 Å². The predicted octanol–water partition coefficient (Wildman–Crippen LogP) is 5.70. The number of hydrogen-bond acceptors (Lipinski definition) is 5. The fourth-order valence-corrected chi connectivity index (χ4v) is 5.02. The van der Waals surface area contributed by atoms with Gasteiger partial charge in [-0.2, -0.15) is 0 Å². The number of thiophene rings is 1. The standard InChI is InChI=1S/C25H30N2O3S/c1-4-20-16-21(25(31-20)26-24(28)22-6-5-13-30-22)23(27-11-14-29-15-12-27)19-9-7-18(8-10-19)17(2)3/h5-10,13,16-17,23H,4,11-12,14-15H2,1-3H3,(H,26,28)/t23-/m0/s1. The number of ether oxygens (including phenoxy) is 1. The van der Waals surface area contributed by atoms with Gasteiger partial charge in [0.05, 0.1) is 25.5 Å². The molecule has 0 spiro atoms. The minimum absolute atomic E-state index is 0.0635. The van der Waals surface area contributed by atoms with E-state index in [0.717, 1.165) is 43.3 Å². The summed E-state index contributed by atoms with van der Waals surface area (Å²) >= 11 is 1.65. The van der Waals surface area contributed by atoms with Crippen LogP contribution in [-0.4, -0.2) is 37.1 Å². The molecule has 0 radical (unpaired) electrons. The number of anilines is 1. The summed E-state index contributed by atoms with van der Waals surface area (Å²) in [7, 11) is 0. The first-order chi connectivity index (χ1) is 15.1. The minimum atomic E-state index is -0.216. The Hall–Kier alpha value is -2.41. The van der Waals surface area contributed by atoms with Crippen LogP contribution < -0.4 is 5.32 Å². The maximum Gasteiger partial charge on any atom is 0.291 e. The van der Waals surface area contributed by atoms with E-state index in [1.165, 1.54) is 22.3 Å². The summed E-state index contributed by atoms with van der Waals surface area (Å²) in [6, 6.07) is 14.6. The monoisotopic (exact) mass is 438 g/mol. The van der Waals surface area contributed by atoms with Crippen molar-refractivity contribution in [2.75, 3.05) is 31.6 Å². The van der Waals surface area contributed by atoms with Crippen molar-refractivity contribution in [3.05, 3.63) is 76.1 Å². The lowest BCUT2D eigenvalue weighted by Gasteiger charge is -2.35. The largest absolute Gasteiger partial charge is 0.459 e. The van der Waals surface area contributed by atoms with Crippen LogP contribution in [0.25, 0.3) is 0 Å². The molecule has 5 nitrogen and oxygen atoms in total. The molecule has 1 saturated heterocycles. The summed E-state index contributed by atoms with van der Waals surface area (Å²) in [5.41, 5.74) is 3.71. The second kappa shape index (κ2) is 9.81. The van der Waals surface area contributed by atoms with E-state index in [-0.39, 0.29) is 11.9 Å². The van der Waals surface area contributed by atoms with Crippen molar-refractivity contribution in [3.63, 3.8) is 0 Å². The molecule has 1 aromatic carbocycles.